The number of anilines is 1. The summed E-state index contributed by atoms with van der Waals surface area (Å²) in [5, 5.41) is 8.79. The summed E-state index contributed by atoms with van der Waals surface area (Å²) < 4.78 is 18.6. The Balaban J connectivity index is 2.15. The fraction of sp³-hybridized carbons (Fsp3) is 0.133. The molecular formula is C15H13FN2O. The first-order valence-electron chi connectivity index (χ1n) is 5.77. The van der Waals surface area contributed by atoms with Gasteiger partial charge >= 0.3 is 0 Å². The molecule has 2 N–H and O–H groups in total. The van der Waals surface area contributed by atoms with Gasteiger partial charge in [-0.3, -0.25) is 0 Å². The Kier molecular flexibility index (Phi) is 3.67. The Morgan fingerprint density at radius 1 is 1.26 bits per heavy atom. The second-order valence-corrected chi connectivity index (χ2v) is 4.22. The first-order valence-corrected chi connectivity index (χ1v) is 5.77. The van der Waals surface area contributed by atoms with Crippen LogP contribution in [0.25, 0.3) is 0 Å². The second-order valence-electron chi connectivity index (χ2n) is 4.22. The first kappa shape index (κ1) is 12.9. The minimum Gasteiger partial charge on any atom is -0.487 e. The molecule has 0 bridgehead atoms. The van der Waals surface area contributed by atoms with E-state index in [9.17, 15) is 4.39 Å². The van der Waals surface area contributed by atoms with Crippen LogP contribution in [-0.4, -0.2) is 0 Å². The molecule has 0 saturated heterocycles. The van der Waals surface area contributed by atoms with Gasteiger partial charge in [-0.15, -0.1) is 0 Å². The normalized spacial score (nSPS) is 9.95. The van der Waals surface area contributed by atoms with Crippen molar-refractivity contribution < 1.29 is 9.13 Å². The summed E-state index contributed by atoms with van der Waals surface area (Å²) in [6.45, 7) is 2.18. The molecule has 3 nitrogen and oxygen atoms in total. The summed E-state index contributed by atoms with van der Waals surface area (Å²) in [7, 11) is 0. The third-order valence-corrected chi connectivity index (χ3v) is 2.83. The van der Waals surface area contributed by atoms with Gasteiger partial charge in [-0.2, -0.15) is 5.26 Å². The van der Waals surface area contributed by atoms with E-state index >= 15 is 0 Å². The lowest BCUT2D eigenvalue weighted by Crippen LogP contribution is -2.01. The van der Waals surface area contributed by atoms with Crippen LogP contribution in [-0.2, 0) is 6.61 Å². The summed E-state index contributed by atoms with van der Waals surface area (Å²) in [6, 6.07) is 11.4. The summed E-state index contributed by atoms with van der Waals surface area (Å²) in [6.07, 6.45) is 0. The van der Waals surface area contributed by atoms with E-state index in [4.69, 9.17) is 15.7 Å². The molecule has 0 heterocycles. The van der Waals surface area contributed by atoms with Gasteiger partial charge in [0.1, 0.15) is 18.2 Å². The van der Waals surface area contributed by atoms with E-state index in [1.165, 1.54) is 18.2 Å². The highest BCUT2D eigenvalue weighted by Gasteiger charge is 2.05. The predicted octanol–water partition coefficient (Wildman–Crippen LogP) is 3.17. The number of benzene rings is 2. The van der Waals surface area contributed by atoms with Crippen LogP contribution in [0, 0.1) is 24.1 Å². The SMILES string of the molecule is Cc1cc(C#N)ccc1COc1cc(F)ccc1N. The average molecular weight is 256 g/mol. The maximum atomic E-state index is 13.1. The average Bonchev–Trinajstić information content (AvgIpc) is 2.40. The maximum Gasteiger partial charge on any atom is 0.145 e. The molecule has 0 unspecified atom stereocenters. The van der Waals surface area contributed by atoms with Crippen molar-refractivity contribution in [2.45, 2.75) is 13.5 Å². The minimum absolute atomic E-state index is 0.283. The first-order chi connectivity index (χ1) is 9.10. The number of hydrogen-bond donors (Lipinski definition) is 1. The molecule has 0 aromatic heterocycles. The molecule has 0 fully saturated rings. The number of halogens is 1. The van der Waals surface area contributed by atoms with Crippen LogP contribution in [0.2, 0.25) is 0 Å². The van der Waals surface area contributed by atoms with Gasteiger partial charge in [-0.05, 0) is 42.3 Å². The van der Waals surface area contributed by atoms with Gasteiger partial charge in [0.25, 0.3) is 0 Å². The lowest BCUT2D eigenvalue weighted by molar-refractivity contribution is 0.305. The van der Waals surface area contributed by atoms with Crippen molar-refractivity contribution in [3.63, 3.8) is 0 Å². The van der Waals surface area contributed by atoms with Crippen LogP contribution >= 0.6 is 0 Å². The van der Waals surface area contributed by atoms with Crippen LogP contribution in [0.4, 0.5) is 10.1 Å². The topological polar surface area (TPSA) is 59.0 Å². The molecule has 4 heteroatoms. The van der Waals surface area contributed by atoms with E-state index in [1.807, 2.05) is 13.0 Å². The minimum atomic E-state index is -0.388. The van der Waals surface area contributed by atoms with Crippen LogP contribution < -0.4 is 10.5 Å². The number of aryl methyl sites for hydroxylation is 1. The zero-order valence-corrected chi connectivity index (χ0v) is 10.5. The molecule has 0 saturated carbocycles. The Morgan fingerprint density at radius 3 is 2.74 bits per heavy atom. The molecule has 0 amide bonds. The molecule has 2 aromatic carbocycles. The number of nitriles is 1. The maximum absolute atomic E-state index is 13.1. The highest BCUT2D eigenvalue weighted by Crippen LogP contribution is 2.23. The molecule has 0 radical (unpaired) electrons. The monoisotopic (exact) mass is 256 g/mol. The Morgan fingerprint density at radius 2 is 2.05 bits per heavy atom. The third-order valence-electron chi connectivity index (χ3n) is 2.83. The third kappa shape index (κ3) is 3.02. The molecule has 96 valence electrons. The molecule has 0 aliphatic heterocycles. The standard InChI is InChI=1S/C15H13FN2O/c1-10-6-11(8-17)2-3-12(10)9-19-15-7-13(16)4-5-14(15)18/h2-7H,9,18H2,1H3. The highest BCUT2D eigenvalue weighted by molar-refractivity contribution is 5.52. The van der Waals surface area contributed by atoms with Gasteiger partial charge in [-0.1, -0.05) is 6.07 Å². The zero-order chi connectivity index (χ0) is 13.8. The van der Waals surface area contributed by atoms with Crippen molar-refractivity contribution in [3.05, 3.63) is 58.9 Å². The molecule has 0 spiro atoms. The Bertz CT molecular complexity index is 647. The van der Waals surface area contributed by atoms with Crippen LogP contribution in [0.3, 0.4) is 0 Å². The van der Waals surface area contributed by atoms with Crippen molar-refractivity contribution in [1.29, 1.82) is 5.26 Å². The van der Waals surface area contributed by atoms with E-state index in [-0.39, 0.29) is 12.4 Å². The molecule has 0 atom stereocenters. The molecular weight excluding hydrogens is 243 g/mol. The number of nitrogens with two attached hydrogens (primary N) is 1. The van der Waals surface area contributed by atoms with Crippen molar-refractivity contribution in [2.75, 3.05) is 5.73 Å². The van der Waals surface area contributed by atoms with Crippen molar-refractivity contribution in [3.8, 4) is 11.8 Å². The van der Waals surface area contributed by atoms with Gasteiger partial charge in [0, 0.05) is 6.07 Å². The fourth-order valence-corrected chi connectivity index (χ4v) is 1.72. The fourth-order valence-electron chi connectivity index (χ4n) is 1.72. The Labute approximate surface area is 111 Å². The van der Waals surface area contributed by atoms with Crippen LogP contribution in [0.1, 0.15) is 16.7 Å². The van der Waals surface area contributed by atoms with E-state index in [2.05, 4.69) is 6.07 Å². The van der Waals surface area contributed by atoms with E-state index in [0.29, 0.717) is 17.0 Å². The number of hydrogen-bond acceptors (Lipinski definition) is 3. The lowest BCUT2D eigenvalue weighted by Gasteiger charge is -2.11. The van der Waals surface area contributed by atoms with Gasteiger partial charge in [0.15, 0.2) is 0 Å². The summed E-state index contributed by atoms with van der Waals surface area (Å²) in [5.41, 5.74) is 8.59. The Hall–Kier alpha value is -2.54. The van der Waals surface area contributed by atoms with Gasteiger partial charge in [-0.25, -0.2) is 4.39 Å². The highest BCUT2D eigenvalue weighted by atomic mass is 19.1. The van der Waals surface area contributed by atoms with Gasteiger partial charge < -0.3 is 10.5 Å². The van der Waals surface area contributed by atoms with Crippen molar-refractivity contribution in [2.24, 2.45) is 0 Å². The summed E-state index contributed by atoms with van der Waals surface area (Å²) in [4.78, 5) is 0. The van der Waals surface area contributed by atoms with Gasteiger partial charge in [0.2, 0.25) is 0 Å². The smallest absolute Gasteiger partial charge is 0.145 e. The number of nitrogen functional groups attached to an aromatic ring is 1. The predicted molar refractivity (Wildman–Crippen MR) is 71.0 cm³/mol. The number of ether oxygens (including phenoxy) is 1. The molecule has 2 aromatic rings. The molecule has 2 rings (SSSR count). The second kappa shape index (κ2) is 5.40. The largest absolute Gasteiger partial charge is 0.487 e. The van der Waals surface area contributed by atoms with E-state index in [0.717, 1.165) is 11.1 Å². The number of rotatable bonds is 3. The lowest BCUT2D eigenvalue weighted by atomic mass is 10.1. The van der Waals surface area contributed by atoms with Crippen molar-refractivity contribution >= 4 is 5.69 Å². The quantitative estimate of drug-likeness (QED) is 0.858. The van der Waals surface area contributed by atoms with E-state index in [1.54, 1.807) is 12.1 Å². The molecule has 0 aliphatic rings. The van der Waals surface area contributed by atoms with E-state index < -0.39 is 0 Å². The summed E-state index contributed by atoms with van der Waals surface area (Å²) in [5.74, 6) is -0.0653. The molecule has 0 aliphatic carbocycles. The summed E-state index contributed by atoms with van der Waals surface area (Å²) >= 11 is 0. The van der Waals surface area contributed by atoms with Crippen molar-refractivity contribution in [1.82, 2.24) is 0 Å². The van der Waals surface area contributed by atoms with Crippen LogP contribution in [0.5, 0.6) is 5.75 Å². The van der Waals surface area contributed by atoms with Gasteiger partial charge in [0.05, 0.1) is 17.3 Å². The zero-order valence-electron chi connectivity index (χ0n) is 10.5. The van der Waals surface area contributed by atoms with Crippen LogP contribution in [0.15, 0.2) is 36.4 Å². The molecule has 19 heavy (non-hydrogen) atoms. The number of nitrogens with zero attached hydrogens (tertiary/aromatic N) is 1.